The van der Waals surface area contributed by atoms with E-state index in [2.05, 4.69) is 4.98 Å². The second-order valence-corrected chi connectivity index (χ2v) is 10.0. The number of nitrogens with zero attached hydrogens (tertiary/aromatic N) is 1. The normalized spacial score (nSPS) is 15.5. The fourth-order valence-corrected chi connectivity index (χ4v) is 4.77. The van der Waals surface area contributed by atoms with Crippen molar-refractivity contribution in [3.8, 4) is 11.1 Å². The summed E-state index contributed by atoms with van der Waals surface area (Å²) in [4.78, 5) is 19.8. The van der Waals surface area contributed by atoms with Crippen LogP contribution in [0, 0.1) is 5.82 Å². The molecule has 1 aromatic heterocycles. The molecule has 0 spiro atoms. The number of aliphatic imine (C=N–C) groups is 1. The van der Waals surface area contributed by atoms with Crippen LogP contribution in [-0.2, 0) is 20.3 Å². The Morgan fingerprint density at radius 1 is 1.06 bits per heavy atom. The molecule has 0 bridgehead atoms. The van der Waals surface area contributed by atoms with Gasteiger partial charge < -0.3 is 9.72 Å². The topological polar surface area (TPSA) is 88.6 Å². The second kappa shape index (κ2) is 8.80. The highest BCUT2D eigenvalue weighted by atomic mass is 32.2. The summed E-state index contributed by atoms with van der Waals surface area (Å²) in [6.45, 7) is 1.86. The summed E-state index contributed by atoms with van der Waals surface area (Å²) >= 11 is 0. The molecule has 0 saturated carbocycles. The van der Waals surface area contributed by atoms with E-state index in [1.54, 1.807) is 38.4 Å². The third-order valence-electron chi connectivity index (χ3n) is 5.50. The lowest BCUT2D eigenvalue weighted by molar-refractivity contribution is 0.182. The van der Waals surface area contributed by atoms with Gasteiger partial charge >= 0.3 is 0 Å². The van der Waals surface area contributed by atoms with Gasteiger partial charge in [0.25, 0.3) is 0 Å². The minimum absolute atomic E-state index is 0.0478. The van der Waals surface area contributed by atoms with Crippen molar-refractivity contribution >= 4 is 15.5 Å². The van der Waals surface area contributed by atoms with E-state index in [0.29, 0.717) is 22.4 Å². The molecule has 0 fully saturated rings. The summed E-state index contributed by atoms with van der Waals surface area (Å²) < 4.78 is 43.4. The van der Waals surface area contributed by atoms with Gasteiger partial charge in [-0.15, -0.1) is 0 Å². The van der Waals surface area contributed by atoms with Crippen molar-refractivity contribution in [2.75, 3.05) is 19.5 Å². The molecule has 1 N–H and O–H groups in total. The maximum Gasteiger partial charge on any atom is 0.248 e. The highest BCUT2D eigenvalue weighted by Crippen LogP contribution is 2.37. The first-order chi connectivity index (χ1) is 15.3. The summed E-state index contributed by atoms with van der Waals surface area (Å²) in [6.07, 6.45) is 1.63. The van der Waals surface area contributed by atoms with E-state index in [1.165, 1.54) is 18.2 Å². The van der Waals surface area contributed by atoms with Crippen LogP contribution in [0.25, 0.3) is 11.1 Å². The Morgan fingerprint density at radius 3 is 2.50 bits per heavy atom. The number of sulfone groups is 1. The van der Waals surface area contributed by atoms with E-state index in [0.717, 1.165) is 16.7 Å². The highest BCUT2D eigenvalue weighted by Gasteiger charge is 2.26. The molecule has 1 atom stereocenters. The molecule has 2 aromatic carbocycles. The van der Waals surface area contributed by atoms with Crippen LogP contribution in [0.1, 0.15) is 35.2 Å². The quantitative estimate of drug-likeness (QED) is 0.616. The van der Waals surface area contributed by atoms with Crippen molar-refractivity contribution in [1.82, 2.24) is 4.98 Å². The van der Waals surface area contributed by atoms with E-state index in [-0.39, 0.29) is 29.5 Å². The van der Waals surface area contributed by atoms with Crippen LogP contribution in [0.3, 0.4) is 0 Å². The summed E-state index contributed by atoms with van der Waals surface area (Å²) in [7, 11) is -1.67. The Kier molecular flexibility index (Phi) is 6.08. The molecule has 3 aromatic rings. The number of H-pyrrole nitrogens is 1. The third kappa shape index (κ3) is 4.42. The van der Waals surface area contributed by atoms with Gasteiger partial charge in [0, 0.05) is 41.8 Å². The van der Waals surface area contributed by atoms with E-state index in [9.17, 15) is 17.6 Å². The lowest BCUT2D eigenvalue weighted by Gasteiger charge is -2.14. The van der Waals surface area contributed by atoms with Gasteiger partial charge in [-0.25, -0.2) is 12.8 Å². The number of halogens is 1. The fraction of sp³-hybridized carbons (Fsp3) is 0.250. The van der Waals surface area contributed by atoms with Crippen molar-refractivity contribution in [1.29, 1.82) is 0 Å². The summed E-state index contributed by atoms with van der Waals surface area (Å²) in [6, 6.07) is 12.5. The van der Waals surface area contributed by atoms with Crippen LogP contribution < -0.4 is 5.56 Å². The van der Waals surface area contributed by atoms with Crippen LogP contribution >= 0.6 is 0 Å². The van der Waals surface area contributed by atoms with E-state index < -0.39 is 15.9 Å². The average molecular weight is 455 g/mol. The number of fused-ring (bicyclic) bond motifs is 3. The number of hydrogen-bond donors (Lipinski definition) is 1. The van der Waals surface area contributed by atoms with Gasteiger partial charge in [0.1, 0.15) is 5.82 Å². The molecule has 4 rings (SSSR count). The molecule has 1 aliphatic rings. The smallest absolute Gasteiger partial charge is 0.248 e. The number of nitrogens with one attached hydrogen (secondary N) is 1. The minimum atomic E-state index is -3.23. The average Bonchev–Trinajstić information content (AvgIpc) is 2.89. The zero-order valence-electron chi connectivity index (χ0n) is 17.8. The Hall–Kier alpha value is -3.10. The largest absolute Gasteiger partial charge is 0.382 e. The summed E-state index contributed by atoms with van der Waals surface area (Å²) in [5.41, 5.74) is 4.66. The predicted molar refractivity (Wildman–Crippen MR) is 122 cm³/mol. The lowest BCUT2D eigenvalue weighted by Crippen LogP contribution is -2.12. The van der Waals surface area contributed by atoms with Crippen molar-refractivity contribution in [3.63, 3.8) is 0 Å². The van der Waals surface area contributed by atoms with Crippen molar-refractivity contribution in [2.24, 2.45) is 4.99 Å². The van der Waals surface area contributed by atoms with Gasteiger partial charge in [-0.2, -0.15) is 0 Å². The van der Waals surface area contributed by atoms with Gasteiger partial charge in [0.15, 0.2) is 9.84 Å². The van der Waals surface area contributed by atoms with Crippen LogP contribution in [0.15, 0.2) is 64.5 Å². The van der Waals surface area contributed by atoms with Crippen LogP contribution in [0.2, 0.25) is 0 Å². The third-order valence-corrected chi connectivity index (χ3v) is 7.15. The molecule has 8 heteroatoms. The molecular weight excluding hydrogens is 431 g/mol. The van der Waals surface area contributed by atoms with Gasteiger partial charge in [-0.05, 0) is 47.0 Å². The Labute approximate surface area is 185 Å². The Bertz CT molecular complexity index is 1350. The molecule has 6 nitrogen and oxygen atoms in total. The zero-order valence-corrected chi connectivity index (χ0v) is 18.6. The molecule has 1 aliphatic heterocycles. The minimum Gasteiger partial charge on any atom is -0.382 e. The Balaban J connectivity index is 1.99. The van der Waals surface area contributed by atoms with E-state index in [4.69, 9.17) is 9.73 Å². The number of hydrogen-bond acceptors (Lipinski definition) is 5. The predicted octanol–water partition coefficient (Wildman–Crippen LogP) is 3.65. The van der Waals surface area contributed by atoms with Crippen LogP contribution in [0.4, 0.5) is 4.39 Å². The van der Waals surface area contributed by atoms with Gasteiger partial charge in [-0.3, -0.25) is 9.79 Å². The number of rotatable bonds is 6. The summed E-state index contributed by atoms with van der Waals surface area (Å²) in [5.74, 6) is -0.391. The number of benzene rings is 2. The van der Waals surface area contributed by atoms with Crippen molar-refractivity contribution in [2.45, 2.75) is 18.7 Å². The SMILES string of the molecule is CCS(=O)(=O)Cc1ccc2c(c1)-c1c[nH]c(=O)cc1C(COC)N=C2c1ccc(F)cc1. The molecule has 0 saturated heterocycles. The van der Waals surface area contributed by atoms with E-state index in [1.807, 2.05) is 12.1 Å². The molecule has 2 heterocycles. The molecule has 166 valence electrons. The first-order valence-corrected chi connectivity index (χ1v) is 12.0. The standard InChI is InChI=1S/C24H23FN2O4S/c1-3-32(29,30)14-15-4-9-18-19(10-15)21-12-26-23(28)11-20(21)22(13-31-2)27-24(18)16-5-7-17(25)8-6-16/h4-12,22H,3,13-14H2,1-2H3,(H,26,28). The van der Waals surface area contributed by atoms with Crippen molar-refractivity contribution < 1.29 is 17.5 Å². The number of methoxy groups -OCH3 is 1. The number of ether oxygens (including phenoxy) is 1. The maximum atomic E-state index is 13.6. The monoisotopic (exact) mass is 454 g/mol. The van der Waals surface area contributed by atoms with Crippen LogP contribution in [0.5, 0.6) is 0 Å². The van der Waals surface area contributed by atoms with E-state index >= 15 is 0 Å². The number of pyridine rings is 1. The number of aromatic nitrogens is 1. The number of aromatic amines is 1. The molecule has 0 amide bonds. The molecule has 32 heavy (non-hydrogen) atoms. The molecule has 1 unspecified atom stereocenters. The fourth-order valence-electron chi connectivity index (χ4n) is 3.88. The van der Waals surface area contributed by atoms with Crippen LogP contribution in [-0.4, -0.2) is 38.6 Å². The lowest BCUT2D eigenvalue weighted by atomic mass is 9.91. The molecular formula is C24H23FN2O4S. The van der Waals surface area contributed by atoms with Crippen molar-refractivity contribution in [3.05, 3.63) is 93.2 Å². The summed E-state index contributed by atoms with van der Waals surface area (Å²) in [5, 5.41) is 0. The Morgan fingerprint density at radius 2 is 1.81 bits per heavy atom. The molecule has 0 radical (unpaired) electrons. The maximum absolute atomic E-state index is 13.6. The first-order valence-electron chi connectivity index (χ1n) is 10.2. The second-order valence-electron chi connectivity index (χ2n) is 7.68. The highest BCUT2D eigenvalue weighted by molar-refractivity contribution is 7.90. The first kappa shape index (κ1) is 22.1. The zero-order chi connectivity index (χ0) is 22.9. The van der Waals surface area contributed by atoms with Gasteiger partial charge in [0.2, 0.25) is 5.56 Å². The van der Waals surface area contributed by atoms with Gasteiger partial charge in [0.05, 0.1) is 24.1 Å². The van der Waals surface area contributed by atoms with Gasteiger partial charge in [-0.1, -0.05) is 19.1 Å². The molecule has 0 aliphatic carbocycles.